The number of aromatic nitrogens is 2. The zero-order chi connectivity index (χ0) is 7.52. The van der Waals surface area contributed by atoms with Crippen LogP contribution in [0.3, 0.4) is 0 Å². The van der Waals surface area contributed by atoms with Gasteiger partial charge in [-0.05, 0) is 18.2 Å². The number of hydrogen-bond acceptors (Lipinski definition) is 1. The molecule has 0 saturated carbocycles. The summed E-state index contributed by atoms with van der Waals surface area (Å²) in [4.78, 5) is 0. The van der Waals surface area contributed by atoms with Gasteiger partial charge in [0.2, 0.25) is 0 Å². The van der Waals surface area contributed by atoms with Crippen LogP contribution in [0.1, 0.15) is 7.43 Å². The molecule has 2 rings (SSSR count). The normalized spacial score (nSPS) is 9.00. The van der Waals surface area contributed by atoms with Gasteiger partial charge in [-0.1, -0.05) is 25.6 Å². The summed E-state index contributed by atoms with van der Waals surface area (Å²) in [6.07, 6.45) is 3.70. The van der Waals surface area contributed by atoms with Crippen LogP contribution < -0.4 is 0 Å². The van der Waals surface area contributed by atoms with Gasteiger partial charge in [0.1, 0.15) is 0 Å². The highest BCUT2D eigenvalue weighted by Gasteiger charge is 1.90. The first-order chi connectivity index (χ1) is 5.47. The lowest BCUT2D eigenvalue weighted by atomic mass is 10.3. The summed E-state index contributed by atoms with van der Waals surface area (Å²) in [5.41, 5.74) is 1.09. The van der Waals surface area contributed by atoms with Gasteiger partial charge in [-0.2, -0.15) is 5.10 Å². The predicted molar refractivity (Wildman–Crippen MR) is 50.3 cm³/mol. The van der Waals surface area contributed by atoms with Gasteiger partial charge in [-0.3, -0.25) is 0 Å². The van der Waals surface area contributed by atoms with E-state index in [1.807, 2.05) is 47.3 Å². The van der Waals surface area contributed by atoms with Crippen molar-refractivity contribution in [3.8, 4) is 5.69 Å². The summed E-state index contributed by atoms with van der Waals surface area (Å²) in [5.74, 6) is 0. The molecule has 0 fully saturated rings. The van der Waals surface area contributed by atoms with Gasteiger partial charge in [0.15, 0.2) is 0 Å². The minimum Gasteiger partial charge on any atom is -0.241 e. The minimum atomic E-state index is 0. The Bertz CT molecular complexity index is 311. The molecule has 0 saturated heterocycles. The Morgan fingerprint density at radius 3 is 2.33 bits per heavy atom. The Balaban J connectivity index is 0.000000720. The Kier molecular flexibility index (Phi) is 2.64. The molecule has 2 aromatic rings. The van der Waals surface area contributed by atoms with E-state index >= 15 is 0 Å². The first-order valence-electron chi connectivity index (χ1n) is 3.52. The average molecular weight is 160 g/mol. The first-order valence-corrected chi connectivity index (χ1v) is 3.52. The molecule has 0 aliphatic carbocycles. The van der Waals surface area contributed by atoms with Gasteiger partial charge in [-0.15, -0.1) is 0 Å². The van der Waals surface area contributed by atoms with Crippen LogP contribution in [-0.4, -0.2) is 9.78 Å². The lowest BCUT2D eigenvalue weighted by molar-refractivity contribution is 0.880. The van der Waals surface area contributed by atoms with Gasteiger partial charge in [0, 0.05) is 12.4 Å². The van der Waals surface area contributed by atoms with Crippen LogP contribution in [0, 0.1) is 0 Å². The van der Waals surface area contributed by atoms with Gasteiger partial charge in [0.25, 0.3) is 0 Å². The number of benzene rings is 1. The van der Waals surface area contributed by atoms with Crippen LogP contribution in [0.4, 0.5) is 0 Å². The van der Waals surface area contributed by atoms with Crippen LogP contribution in [0.15, 0.2) is 48.8 Å². The van der Waals surface area contributed by atoms with Gasteiger partial charge in [0.05, 0.1) is 5.69 Å². The highest BCUT2D eigenvalue weighted by atomic mass is 15.3. The molecule has 0 N–H and O–H groups in total. The molecular weight excluding hydrogens is 148 g/mol. The van der Waals surface area contributed by atoms with Crippen LogP contribution in [-0.2, 0) is 0 Å². The van der Waals surface area contributed by atoms with Crippen molar-refractivity contribution < 1.29 is 0 Å². The fraction of sp³-hybridized carbons (Fsp3) is 0.100. The monoisotopic (exact) mass is 160 g/mol. The molecule has 0 aliphatic heterocycles. The number of para-hydroxylation sites is 1. The van der Waals surface area contributed by atoms with Gasteiger partial charge in [-0.25, -0.2) is 4.68 Å². The second-order valence-corrected chi connectivity index (χ2v) is 2.29. The summed E-state index contributed by atoms with van der Waals surface area (Å²) >= 11 is 0. The lowest BCUT2D eigenvalue weighted by Gasteiger charge is -1.97. The predicted octanol–water partition coefficient (Wildman–Crippen LogP) is 2.51. The first kappa shape index (κ1) is 8.53. The molecule has 0 atom stereocenters. The third-order valence-corrected chi connectivity index (χ3v) is 1.53. The van der Waals surface area contributed by atoms with Crippen LogP contribution >= 0.6 is 0 Å². The molecule has 1 aromatic carbocycles. The second-order valence-electron chi connectivity index (χ2n) is 2.29. The molecule has 0 bridgehead atoms. The molecule has 0 amide bonds. The highest BCUT2D eigenvalue weighted by molar-refractivity contribution is 5.29. The van der Waals surface area contributed by atoms with Crippen molar-refractivity contribution in [1.82, 2.24) is 9.78 Å². The lowest BCUT2D eigenvalue weighted by Crippen LogP contribution is -1.91. The molecule has 0 spiro atoms. The molecule has 62 valence electrons. The van der Waals surface area contributed by atoms with Crippen molar-refractivity contribution in [2.75, 3.05) is 0 Å². The quantitative estimate of drug-likeness (QED) is 0.626. The summed E-state index contributed by atoms with van der Waals surface area (Å²) in [6, 6.07) is 11.9. The van der Waals surface area contributed by atoms with Crippen LogP contribution in [0.5, 0.6) is 0 Å². The third kappa shape index (κ3) is 1.53. The minimum absolute atomic E-state index is 0. The Morgan fingerprint density at radius 1 is 1.00 bits per heavy atom. The fourth-order valence-electron chi connectivity index (χ4n) is 1.00. The maximum absolute atomic E-state index is 4.10. The molecule has 1 heterocycles. The van der Waals surface area contributed by atoms with E-state index in [-0.39, 0.29) is 7.43 Å². The molecule has 2 nitrogen and oxygen atoms in total. The zero-order valence-electron chi connectivity index (χ0n) is 6.01. The van der Waals surface area contributed by atoms with Crippen LogP contribution in [0.25, 0.3) is 5.69 Å². The van der Waals surface area contributed by atoms with E-state index in [2.05, 4.69) is 5.10 Å². The number of hydrogen-bond donors (Lipinski definition) is 0. The smallest absolute Gasteiger partial charge is 0.0645 e. The maximum atomic E-state index is 4.10. The van der Waals surface area contributed by atoms with Crippen molar-refractivity contribution >= 4 is 0 Å². The Labute approximate surface area is 72.5 Å². The van der Waals surface area contributed by atoms with E-state index in [0.29, 0.717) is 0 Å². The van der Waals surface area contributed by atoms with Gasteiger partial charge < -0.3 is 0 Å². The molecule has 2 heteroatoms. The van der Waals surface area contributed by atoms with Crippen molar-refractivity contribution in [2.45, 2.75) is 7.43 Å². The summed E-state index contributed by atoms with van der Waals surface area (Å²) < 4.78 is 1.83. The Morgan fingerprint density at radius 2 is 1.75 bits per heavy atom. The second kappa shape index (κ2) is 3.72. The molecule has 1 aromatic heterocycles. The highest BCUT2D eigenvalue weighted by Crippen LogP contribution is 2.03. The maximum Gasteiger partial charge on any atom is 0.0645 e. The molecule has 0 aliphatic rings. The summed E-state index contributed by atoms with van der Waals surface area (Å²) in [5, 5.41) is 4.10. The van der Waals surface area contributed by atoms with E-state index in [1.165, 1.54) is 0 Å². The molecule has 0 radical (unpaired) electrons. The third-order valence-electron chi connectivity index (χ3n) is 1.53. The van der Waals surface area contributed by atoms with E-state index in [4.69, 9.17) is 0 Å². The fourth-order valence-corrected chi connectivity index (χ4v) is 1.00. The van der Waals surface area contributed by atoms with Crippen LogP contribution in [0.2, 0.25) is 0 Å². The molecular formula is C10H12N2. The van der Waals surface area contributed by atoms with Crippen molar-refractivity contribution in [2.24, 2.45) is 0 Å². The zero-order valence-corrected chi connectivity index (χ0v) is 6.01. The van der Waals surface area contributed by atoms with Crippen molar-refractivity contribution in [1.29, 1.82) is 0 Å². The average Bonchev–Trinajstić information content (AvgIpc) is 2.58. The summed E-state index contributed by atoms with van der Waals surface area (Å²) in [7, 11) is 0. The standard InChI is InChI=1S/C9H8N2.CH4/c1-2-5-9(6-3-1)11-8-4-7-10-11;/h1-8H;1H4. The summed E-state index contributed by atoms with van der Waals surface area (Å²) in [6.45, 7) is 0. The number of rotatable bonds is 1. The van der Waals surface area contributed by atoms with Crippen molar-refractivity contribution in [3.05, 3.63) is 48.8 Å². The SMILES string of the molecule is C.c1ccc(-n2cccn2)cc1. The van der Waals surface area contributed by atoms with E-state index in [9.17, 15) is 0 Å². The van der Waals surface area contributed by atoms with Crippen molar-refractivity contribution in [3.63, 3.8) is 0 Å². The van der Waals surface area contributed by atoms with Gasteiger partial charge >= 0.3 is 0 Å². The molecule has 0 unspecified atom stereocenters. The van der Waals surface area contributed by atoms with E-state index < -0.39 is 0 Å². The van der Waals surface area contributed by atoms with E-state index in [0.717, 1.165) is 5.69 Å². The Hall–Kier alpha value is -1.57. The molecule has 12 heavy (non-hydrogen) atoms. The largest absolute Gasteiger partial charge is 0.241 e. The number of nitrogens with zero attached hydrogens (tertiary/aromatic N) is 2. The topological polar surface area (TPSA) is 17.8 Å². The van der Waals surface area contributed by atoms with E-state index in [1.54, 1.807) is 6.20 Å².